The summed E-state index contributed by atoms with van der Waals surface area (Å²) < 4.78 is 13.5. The fourth-order valence-electron chi connectivity index (χ4n) is 5.71. The van der Waals surface area contributed by atoms with Gasteiger partial charge in [0.25, 0.3) is 14.2 Å². The number of rotatable bonds is 10. The molecule has 5 rings (SSSR count). The molecule has 3 atom stereocenters. The van der Waals surface area contributed by atoms with Gasteiger partial charge in [0.2, 0.25) is 0 Å². The summed E-state index contributed by atoms with van der Waals surface area (Å²) in [5, 5.41) is 4.57. The molecule has 1 aliphatic heterocycles. The van der Waals surface area contributed by atoms with Gasteiger partial charge in [0, 0.05) is 17.7 Å². The number of nitrogens with one attached hydrogen (secondary N) is 1. The van der Waals surface area contributed by atoms with Gasteiger partial charge in [-0.25, -0.2) is 4.79 Å². The third-order valence-corrected chi connectivity index (χ3v) is 15.9. The lowest BCUT2D eigenvalue weighted by molar-refractivity contribution is 0.0777. The number of ether oxygens (including phenoxy) is 1. The Morgan fingerprint density at radius 3 is 1.89 bits per heavy atom. The number of carbonyl (C=O) groups excluding carboxylic acids is 2. The Kier molecular flexibility index (Phi) is 10.7. The highest BCUT2D eigenvalue weighted by Gasteiger charge is 2.51. The molecule has 8 heteroatoms. The highest BCUT2D eigenvalue weighted by molar-refractivity contribution is 8.17. The number of hydrogen-bond acceptors (Lipinski definition) is 6. The van der Waals surface area contributed by atoms with Gasteiger partial charge >= 0.3 is 6.09 Å². The summed E-state index contributed by atoms with van der Waals surface area (Å²) in [6.45, 7) is 7.20. The highest BCUT2D eigenvalue weighted by Crippen LogP contribution is 2.44. The molecule has 0 radical (unpaired) electrons. The lowest BCUT2D eigenvalue weighted by atomic mass is 10.2. The van der Waals surface area contributed by atoms with E-state index in [1.54, 1.807) is 24.3 Å². The van der Waals surface area contributed by atoms with Gasteiger partial charge in [0.1, 0.15) is 6.10 Å². The average molecular weight is 642 g/mol. The smallest absolute Gasteiger partial charge is 0.414 e. The topological polar surface area (TPSA) is 64.6 Å². The first-order valence-corrected chi connectivity index (χ1v) is 18.8. The van der Waals surface area contributed by atoms with Crippen LogP contribution in [-0.4, -0.2) is 42.9 Å². The number of amides is 2. The van der Waals surface area contributed by atoms with Crippen LogP contribution in [0, 0.1) is 0 Å². The van der Waals surface area contributed by atoms with E-state index in [2.05, 4.69) is 98.9 Å². The summed E-state index contributed by atoms with van der Waals surface area (Å²) in [5.41, 5.74) is 1.67. The van der Waals surface area contributed by atoms with Gasteiger partial charge in [-0.1, -0.05) is 130 Å². The van der Waals surface area contributed by atoms with Crippen molar-refractivity contribution >= 4 is 54.2 Å². The summed E-state index contributed by atoms with van der Waals surface area (Å²) in [7, 11) is -2.78. The van der Waals surface area contributed by atoms with Gasteiger partial charge in [-0.3, -0.25) is 10.1 Å². The molecule has 4 aromatic rings. The van der Waals surface area contributed by atoms with Crippen molar-refractivity contribution in [3.63, 3.8) is 0 Å². The van der Waals surface area contributed by atoms with Gasteiger partial charge in [-0.15, -0.1) is 23.5 Å². The third kappa shape index (κ3) is 7.67. The summed E-state index contributed by atoms with van der Waals surface area (Å²) in [5.74, 6) is 0.392. The monoisotopic (exact) mass is 641 g/mol. The van der Waals surface area contributed by atoms with Crippen LogP contribution in [0.1, 0.15) is 43.1 Å². The highest BCUT2D eigenvalue weighted by atomic mass is 32.2. The van der Waals surface area contributed by atoms with Crippen LogP contribution in [-0.2, 0) is 14.9 Å². The molecule has 0 saturated carbocycles. The largest absolute Gasteiger partial charge is 0.445 e. The van der Waals surface area contributed by atoms with Crippen LogP contribution in [0.4, 0.5) is 4.79 Å². The fraction of sp³-hybridized carbons (Fsp3) is 0.278. The number of thioether (sulfide) groups is 2. The first kappa shape index (κ1) is 32.1. The number of imide groups is 1. The van der Waals surface area contributed by atoms with Crippen molar-refractivity contribution in [3.05, 3.63) is 132 Å². The molecule has 4 aromatic carbocycles. The van der Waals surface area contributed by atoms with E-state index >= 15 is 0 Å². The van der Waals surface area contributed by atoms with E-state index < -0.39 is 26.4 Å². The molecule has 0 aliphatic carbocycles. The predicted molar refractivity (Wildman–Crippen MR) is 185 cm³/mol. The number of benzene rings is 4. The lowest BCUT2D eigenvalue weighted by Crippen LogP contribution is -2.67. The van der Waals surface area contributed by atoms with Crippen molar-refractivity contribution in [1.29, 1.82) is 0 Å². The van der Waals surface area contributed by atoms with Crippen molar-refractivity contribution < 1.29 is 18.8 Å². The molecule has 44 heavy (non-hydrogen) atoms. The molecule has 1 saturated heterocycles. The maximum Gasteiger partial charge on any atom is 0.414 e. The zero-order chi connectivity index (χ0) is 31.0. The van der Waals surface area contributed by atoms with Gasteiger partial charge in [0.05, 0.1) is 16.4 Å². The van der Waals surface area contributed by atoms with Crippen molar-refractivity contribution in [2.75, 3.05) is 6.61 Å². The summed E-state index contributed by atoms with van der Waals surface area (Å²) >= 11 is 3.66. The second kappa shape index (κ2) is 14.7. The molecule has 0 bridgehead atoms. The maximum absolute atomic E-state index is 13.0. The quantitative estimate of drug-likeness (QED) is 0.184. The molecule has 1 N–H and O–H groups in total. The second-order valence-corrected chi connectivity index (χ2v) is 19.1. The van der Waals surface area contributed by atoms with Gasteiger partial charge in [-0.05, 0) is 33.1 Å². The average Bonchev–Trinajstić information content (AvgIpc) is 3.42. The van der Waals surface area contributed by atoms with E-state index in [9.17, 15) is 9.59 Å². The number of hydrogen-bond donors (Lipinski definition) is 1. The first-order chi connectivity index (χ1) is 21.3. The lowest BCUT2D eigenvalue weighted by Gasteiger charge is -2.43. The van der Waals surface area contributed by atoms with Gasteiger partial charge < -0.3 is 9.16 Å². The van der Waals surface area contributed by atoms with Crippen molar-refractivity contribution in [2.24, 2.45) is 0 Å². The fourth-order valence-corrected chi connectivity index (χ4v) is 13.4. The molecular formula is C36H39NO4S2Si. The molecule has 1 fully saturated rings. The Bertz CT molecular complexity index is 1460. The molecule has 5 nitrogen and oxygen atoms in total. The van der Waals surface area contributed by atoms with E-state index in [1.807, 2.05) is 47.8 Å². The minimum Gasteiger partial charge on any atom is -0.445 e. The van der Waals surface area contributed by atoms with Gasteiger partial charge in [0.15, 0.2) is 0 Å². The molecule has 1 aliphatic rings. The summed E-state index contributed by atoms with van der Waals surface area (Å²) in [6, 6.07) is 40.2. The van der Waals surface area contributed by atoms with E-state index in [-0.39, 0.29) is 14.9 Å². The molecule has 0 spiro atoms. The van der Waals surface area contributed by atoms with Crippen LogP contribution >= 0.6 is 23.5 Å². The van der Waals surface area contributed by atoms with Crippen LogP contribution in [0.3, 0.4) is 0 Å². The Morgan fingerprint density at radius 1 is 0.818 bits per heavy atom. The van der Waals surface area contributed by atoms with Crippen molar-refractivity contribution in [1.82, 2.24) is 5.32 Å². The zero-order valence-corrected chi connectivity index (χ0v) is 28.0. The molecule has 1 unspecified atom stereocenters. The van der Waals surface area contributed by atoms with Crippen LogP contribution in [0.25, 0.3) is 0 Å². The van der Waals surface area contributed by atoms with Crippen LogP contribution < -0.4 is 15.7 Å². The standard InChI is InChI=1S/C36H39NO4S2Si/c1-36(2,3)44(29-20-12-6-13-21-29,30-22-14-7-15-23-30)40-25-32-31(24-33(43-32)42-26-27-16-8-4-9-17-27)41-35(39)37-34(38)28-18-10-5-11-19-28/h4-23,31-33H,24-26H2,1-3H3,(H,37,38,39)/t31-,32+,33?/m0/s1. The van der Waals surface area contributed by atoms with E-state index in [0.717, 1.165) is 5.75 Å². The van der Waals surface area contributed by atoms with Crippen LogP contribution in [0.15, 0.2) is 121 Å². The van der Waals surface area contributed by atoms with E-state index in [0.29, 0.717) is 18.6 Å². The molecule has 2 amide bonds. The Balaban J connectivity index is 1.38. The Labute approximate surface area is 270 Å². The molecule has 228 valence electrons. The number of carbonyl (C=O) groups is 2. The third-order valence-electron chi connectivity index (χ3n) is 7.84. The maximum atomic E-state index is 13.0. The Morgan fingerprint density at radius 2 is 1.34 bits per heavy atom. The summed E-state index contributed by atoms with van der Waals surface area (Å²) in [6.07, 6.45) is -0.465. The SMILES string of the molecule is CC(C)(C)[Si](OC[C@H]1SC(SCc2ccccc2)C[C@@H]1OC(=O)NC(=O)c1ccccc1)(c1ccccc1)c1ccccc1. The van der Waals surface area contributed by atoms with Crippen LogP contribution in [0.5, 0.6) is 0 Å². The van der Waals surface area contributed by atoms with E-state index in [4.69, 9.17) is 9.16 Å². The first-order valence-electron chi connectivity index (χ1n) is 14.9. The van der Waals surface area contributed by atoms with Crippen molar-refractivity contribution in [3.8, 4) is 0 Å². The molecular weight excluding hydrogens is 603 g/mol. The predicted octanol–water partition coefficient (Wildman–Crippen LogP) is 7.26. The van der Waals surface area contributed by atoms with Crippen molar-refractivity contribution in [2.45, 2.75) is 53.9 Å². The normalized spacial score (nSPS) is 18.5. The second-order valence-electron chi connectivity index (χ2n) is 11.9. The minimum absolute atomic E-state index is 0.0949. The number of alkyl carbamates (subject to hydrolysis) is 1. The van der Waals surface area contributed by atoms with Crippen LogP contribution in [0.2, 0.25) is 5.04 Å². The van der Waals surface area contributed by atoms with Gasteiger partial charge in [-0.2, -0.15) is 0 Å². The minimum atomic E-state index is -2.78. The summed E-state index contributed by atoms with van der Waals surface area (Å²) in [4.78, 5) is 25.7. The Hall–Kier alpha value is -3.30. The van der Waals surface area contributed by atoms with E-state index in [1.165, 1.54) is 15.9 Å². The molecule has 0 aromatic heterocycles. The zero-order valence-electron chi connectivity index (χ0n) is 25.3. The molecule has 1 heterocycles.